The van der Waals surface area contributed by atoms with Crippen LogP contribution in [0.25, 0.3) is 0 Å². The Balaban J connectivity index is 0. The zero-order chi connectivity index (χ0) is 25.5. The van der Waals surface area contributed by atoms with Crippen molar-refractivity contribution in [2.24, 2.45) is 0 Å². The summed E-state index contributed by atoms with van der Waals surface area (Å²) in [6.45, 7) is 13.5. The van der Waals surface area contributed by atoms with Gasteiger partial charge in [0.1, 0.15) is 0 Å². The van der Waals surface area contributed by atoms with Gasteiger partial charge in [0.25, 0.3) is 0 Å². The fourth-order valence-corrected chi connectivity index (χ4v) is 7.36. The van der Waals surface area contributed by atoms with Gasteiger partial charge >= 0.3 is 0 Å². The Labute approximate surface area is 234 Å². The average Bonchev–Trinajstić information content (AvgIpc) is 2.84. The number of rotatable bonds is 15. The molecule has 0 spiro atoms. The molecule has 0 amide bonds. The van der Waals surface area contributed by atoms with Gasteiger partial charge in [-0.05, 0) is 87.2 Å². The molecule has 0 saturated heterocycles. The molecule has 2 atom stereocenters. The van der Waals surface area contributed by atoms with Crippen LogP contribution in [0.15, 0.2) is 24.3 Å². The minimum Gasteiger partial charge on any atom is -0.161 e. The van der Waals surface area contributed by atoms with Crippen molar-refractivity contribution in [1.82, 2.24) is 0 Å². The van der Waals surface area contributed by atoms with E-state index in [4.69, 9.17) is 0 Å². The molecule has 0 aliphatic rings. The van der Waals surface area contributed by atoms with Gasteiger partial charge in [-0.2, -0.15) is 47.0 Å². The Hall–Kier alpha value is 1.32. The first kappa shape index (κ1) is 36.5. The highest BCUT2D eigenvalue weighted by Gasteiger charge is 2.15. The molecule has 196 valence electrons. The van der Waals surface area contributed by atoms with Gasteiger partial charge in [-0.1, -0.05) is 52.0 Å². The summed E-state index contributed by atoms with van der Waals surface area (Å²) >= 11 is 11.8. The second-order valence-electron chi connectivity index (χ2n) is 8.09. The van der Waals surface area contributed by atoms with Gasteiger partial charge in [0.05, 0.1) is 4.08 Å². The Bertz CT molecular complexity index is 465. The molecule has 33 heavy (non-hydrogen) atoms. The summed E-state index contributed by atoms with van der Waals surface area (Å²) in [6.07, 6.45) is 13.9. The lowest BCUT2D eigenvalue weighted by molar-refractivity contribution is 0.740. The second kappa shape index (κ2) is 25.0. The summed E-state index contributed by atoms with van der Waals surface area (Å²) in [7, 11) is 0. The number of thioether (sulfide) groups is 6. The van der Waals surface area contributed by atoms with Gasteiger partial charge in [-0.3, -0.25) is 0 Å². The smallest absolute Gasteiger partial charge is 0.0549 e. The fourth-order valence-electron chi connectivity index (χ4n) is 2.65. The molecular formula is C27H52S6. The lowest BCUT2D eigenvalue weighted by atomic mass is 10.2. The van der Waals surface area contributed by atoms with E-state index in [2.05, 4.69) is 90.8 Å². The van der Waals surface area contributed by atoms with Crippen molar-refractivity contribution in [3.8, 4) is 0 Å². The lowest BCUT2D eigenvalue weighted by Crippen LogP contribution is -2.17. The molecule has 0 heterocycles. The van der Waals surface area contributed by atoms with E-state index in [1.54, 1.807) is 0 Å². The second-order valence-corrected chi connectivity index (χ2v) is 15.6. The van der Waals surface area contributed by atoms with Crippen molar-refractivity contribution >= 4 is 70.6 Å². The van der Waals surface area contributed by atoms with E-state index in [-0.39, 0.29) is 0 Å². The SMILES string of the molecule is CCC(SC)C(CC)SC.CCCSCc1ccc(CSCCC)cc1.CSC(C)(C)SC. The van der Waals surface area contributed by atoms with E-state index >= 15 is 0 Å². The lowest BCUT2D eigenvalue weighted by Gasteiger charge is -2.20. The van der Waals surface area contributed by atoms with Crippen LogP contribution < -0.4 is 0 Å². The first-order valence-corrected chi connectivity index (χ1v) is 19.5. The van der Waals surface area contributed by atoms with E-state index < -0.39 is 0 Å². The largest absolute Gasteiger partial charge is 0.161 e. The minimum absolute atomic E-state index is 0.417. The summed E-state index contributed by atoms with van der Waals surface area (Å²) in [5, 5.41) is 1.72. The summed E-state index contributed by atoms with van der Waals surface area (Å²) in [6, 6.07) is 9.13. The van der Waals surface area contributed by atoms with Crippen LogP contribution >= 0.6 is 70.6 Å². The standard InChI is InChI=1S/C14H22S2.C8H18S2.C5H12S2/c1-3-9-15-11-13-5-7-14(8-6-13)12-16-10-4-2;1-5-7(9-3)8(6-2)10-4;1-5(2,6-3)7-4/h5-8H,3-4,9-12H2,1-2H3;7-8H,5-6H2,1-4H3;1-4H3. The van der Waals surface area contributed by atoms with E-state index in [0.717, 1.165) is 22.0 Å². The molecule has 0 N–H and O–H groups in total. The predicted octanol–water partition coefficient (Wildman–Crippen LogP) is 10.7. The molecule has 0 aromatic heterocycles. The van der Waals surface area contributed by atoms with Crippen LogP contribution in [-0.2, 0) is 11.5 Å². The van der Waals surface area contributed by atoms with Gasteiger partial charge in [-0.25, -0.2) is 0 Å². The van der Waals surface area contributed by atoms with Crippen LogP contribution in [0.3, 0.4) is 0 Å². The van der Waals surface area contributed by atoms with Gasteiger partial charge < -0.3 is 0 Å². The molecule has 0 bridgehead atoms. The third kappa shape index (κ3) is 21.1. The van der Waals surface area contributed by atoms with Crippen molar-refractivity contribution in [2.75, 3.05) is 36.5 Å². The third-order valence-corrected chi connectivity index (χ3v) is 13.2. The van der Waals surface area contributed by atoms with Crippen LogP contribution in [0, 0.1) is 0 Å². The van der Waals surface area contributed by atoms with Crippen LogP contribution in [0.1, 0.15) is 78.4 Å². The molecule has 0 aliphatic carbocycles. The molecule has 0 saturated carbocycles. The Morgan fingerprint density at radius 1 is 0.636 bits per heavy atom. The van der Waals surface area contributed by atoms with Crippen molar-refractivity contribution in [3.05, 3.63) is 35.4 Å². The first-order valence-electron chi connectivity index (χ1n) is 12.2. The van der Waals surface area contributed by atoms with Crippen molar-refractivity contribution in [2.45, 2.75) is 93.3 Å². The molecule has 1 rings (SSSR count). The van der Waals surface area contributed by atoms with Gasteiger partial charge in [0, 0.05) is 22.0 Å². The maximum Gasteiger partial charge on any atom is 0.0549 e. The minimum atomic E-state index is 0.417. The summed E-state index contributed by atoms with van der Waals surface area (Å²) in [5.74, 6) is 4.87. The summed E-state index contributed by atoms with van der Waals surface area (Å²) in [4.78, 5) is 0. The highest BCUT2D eigenvalue weighted by molar-refractivity contribution is 8.17. The summed E-state index contributed by atoms with van der Waals surface area (Å²) < 4.78 is 0.417. The monoisotopic (exact) mass is 568 g/mol. The maximum absolute atomic E-state index is 2.28. The Morgan fingerprint density at radius 3 is 1.15 bits per heavy atom. The predicted molar refractivity (Wildman–Crippen MR) is 176 cm³/mol. The van der Waals surface area contributed by atoms with E-state index in [1.165, 1.54) is 48.3 Å². The fraction of sp³-hybridized carbons (Fsp3) is 0.778. The van der Waals surface area contributed by atoms with Crippen LogP contribution in [-0.4, -0.2) is 51.1 Å². The zero-order valence-corrected chi connectivity index (χ0v) is 28.0. The van der Waals surface area contributed by atoms with Crippen LogP contribution in [0.4, 0.5) is 0 Å². The van der Waals surface area contributed by atoms with Crippen molar-refractivity contribution in [1.29, 1.82) is 0 Å². The van der Waals surface area contributed by atoms with Crippen LogP contribution in [0.2, 0.25) is 0 Å². The molecule has 1 aromatic rings. The molecule has 0 nitrogen and oxygen atoms in total. The van der Waals surface area contributed by atoms with E-state index in [0.29, 0.717) is 4.08 Å². The van der Waals surface area contributed by atoms with Crippen molar-refractivity contribution in [3.63, 3.8) is 0 Å². The Morgan fingerprint density at radius 2 is 0.970 bits per heavy atom. The molecule has 6 heteroatoms. The summed E-state index contributed by atoms with van der Waals surface area (Å²) in [5.41, 5.74) is 2.92. The molecule has 1 aromatic carbocycles. The third-order valence-electron chi connectivity index (χ3n) is 5.07. The molecular weight excluding hydrogens is 517 g/mol. The first-order chi connectivity index (χ1) is 15.8. The highest BCUT2D eigenvalue weighted by atomic mass is 32.2. The normalized spacial score (nSPS) is 12.8. The zero-order valence-electron chi connectivity index (χ0n) is 23.1. The number of hydrogen-bond donors (Lipinski definition) is 0. The highest BCUT2D eigenvalue weighted by Crippen LogP contribution is 2.31. The van der Waals surface area contributed by atoms with Gasteiger partial charge in [-0.15, -0.1) is 23.5 Å². The van der Waals surface area contributed by atoms with Crippen LogP contribution in [0.5, 0.6) is 0 Å². The quantitative estimate of drug-likeness (QED) is 0.151. The topological polar surface area (TPSA) is 0 Å². The number of hydrogen-bond acceptors (Lipinski definition) is 6. The van der Waals surface area contributed by atoms with E-state index in [1.807, 2.05) is 70.6 Å². The molecule has 2 unspecified atom stereocenters. The molecule has 0 aliphatic heterocycles. The average molecular weight is 569 g/mol. The molecule has 0 fully saturated rings. The van der Waals surface area contributed by atoms with Crippen molar-refractivity contribution < 1.29 is 0 Å². The molecule has 0 radical (unpaired) electrons. The van der Waals surface area contributed by atoms with Gasteiger partial charge in [0.15, 0.2) is 0 Å². The Kier molecular flexibility index (Phi) is 27.6. The van der Waals surface area contributed by atoms with Gasteiger partial charge in [0.2, 0.25) is 0 Å². The number of benzene rings is 1. The maximum atomic E-state index is 2.28. The van der Waals surface area contributed by atoms with E-state index in [9.17, 15) is 0 Å².